The van der Waals surface area contributed by atoms with E-state index in [4.69, 9.17) is 9.47 Å². The third kappa shape index (κ3) is 4.35. The van der Waals surface area contributed by atoms with Gasteiger partial charge in [-0.15, -0.1) is 11.3 Å². The van der Waals surface area contributed by atoms with E-state index in [0.717, 1.165) is 35.4 Å². The fourth-order valence-corrected chi connectivity index (χ4v) is 7.19. The topological polar surface area (TPSA) is 55.7 Å². The molecule has 6 rings (SSSR count). The summed E-state index contributed by atoms with van der Waals surface area (Å²) in [6.45, 7) is 5.12. The second kappa shape index (κ2) is 10.2. The number of carbonyl (C=O) groups excluding carboxylic acids is 1. The Bertz CT molecular complexity index is 1490. The molecule has 2 aliphatic rings. The maximum atomic E-state index is 14.2. The smallest absolute Gasteiger partial charge is 0.323 e. The predicted octanol–water partition coefficient (Wildman–Crippen LogP) is 7.27. The second-order valence-corrected chi connectivity index (χ2v) is 11.1. The van der Waals surface area contributed by atoms with Crippen LogP contribution in [0.15, 0.2) is 60.8 Å². The third-order valence-corrected chi connectivity index (χ3v) is 8.85. The molecule has 1 atom stereocenters. The van der Waals surface area contributed by atoms with Crippen LogP contribution in [0.25, 0.3) is 5.00 Å². The number of aromatic nitrogens is 1. The highest BCUT2D eigenvalue weighted by Crippen LogP contribution is 2.44. The lowest BCUT2D eigenvalue weighted by molar-refractivity contribution is 0.194. The number of hydrogen-bond acceptors (Lipinski definition) is 4. The molecule has 2 amide bonds. The summed E-state index contributed by atoms with van der Waals surface area (Å²) in [6.07, 6.45) is 6.76. The highest BCUT2D eigenvalue weighted by molar-refractivity contribution is 7.15. The largest absolute Gasteiger partial charge is 0.495 e. The summed E-state index contributed by atoms with van der Waals surface area (Å²) in [5.74, 6) is 1.45. The molecule has 4 aromatic rings. The SMILES string of the molecule is CCOc1cccc([C@H]2c3cccn3-c3sc4c(c3CN2C(=O)Nc2cc(C)ccc2OC)CCCC4)c1. The molecule has 7 heteroatoms. The monoisotopic (exact) mass is 527 g/mol. The molecule has 1 aliphatic heterocycles. The number of aryl methyl sites for hydroxylation is 2. The Morgan fingerprint density at radius 3 is 2.79 bits per heavy atom. The van der Waals surface area contributed by atoms with Crippen LogP contribution >= 0.6 is 11.3 Å². The zero-order chi connectivity index (χ0) is 26.2. The van der Waals surface area contributed by atoms with Crippen molar-refractivity contribution < 1.29 is 14.3 Å². The van der Waals surface area contributed by atoms with Crippen molar-refractivity contribution in [2.75, 3.05) is 19.0 Å². The summed E-state index contributed by atoms with van der Waals surface area (Å²) in [5, 5.41) is 4.43. The van der Waals surface area contributed by atoms with E-state index in [1.165, 1.54) is 33.8 Å². The average molecular weight is 528 g/mol. The molecule has 0 bridgehead atoms. The number of anilines is 1. The first kappa shape index (κ1) is 24.6. The molecular formula is C31H33N3O3S. The molecule has 1 aliphatic carbocycles. The van der Waals surface area contributed by atoms with Crippen LogP contribution < -0.4 is 14.8 Å². The molecule has 0 saturated carbocycles. The van der Waals surface area contributed by atoms with Gasteiger partial charge < -0.3 is 24.3 Å². The molecule has 6 nitrogen and oxygen atoms in total. The van der Waals surface area contributed by atoms with Crippen molar-refractivity contribution in [3.8, 4) is 16.5 Å². The van der Waals surface area contributed by atoms with Crippen molar-refractivity contribution >= 4 is 23.1 Å². The Balaban J connectivity index is 1.49. The normalized spacial score (nSPS) is 16.2. The maximum absolute atomic E-state index is 14.2. The number of carbonyl (C=O) groups is 1. The van der Waals surface area contributed by atoms with Crippen LogP contribution in [0.3, 0.4) is 0 Å². The molecule has 38 heavy (non-hydrogen) atoms. The van der Waals surface area contributed by atoms with E-state index < -0.39 is 0 Å². The van der Waals surface area contributed by atoms with Crippen molar-refractivity contribution in [3.63, 3.8) is 0 Å². The van der Waals surface area contributed by atoms with Crippen molar-refractivity contribution in [3.05, 3.63) is 93.6 Å². The van der Waals surface area contributed by atoms with E-state index >= 15 is 0 Å². The van der Waals surface area contributed by atoms with Gasteiger partial charge in [-0.3, -0.25) is 0 Å². The van der Waals surface area contributed by atoms with Gasteiger partial charge in [0, 0.05) is 16.6 Å². The lowest BCUT2D eigenvalue weighted by Crippen LogP contribution is -2.38. The van der Waals surface area contributed by atoms with Gasteiger partial charge in [0.1, 0.15) is 16.5 Å². The minimum atomic E-state index is -0.292. The summed E-state index contributed by atoms with van der Waals surface area (Å²) >= 11 is 1.89. The fourth-order valence-electron chi connectivity index (χ4n) is 5.79. The number of thiophene rings is 1. The molecule has 0 unspecified atom stereocenters. The summed E-state index contributed by atoms with van der Waals surface area (Å²) in [7, 11) is 1.63. The van der Waals surface area contributed by atoms with E-state index in [1.54, 1.807) is 7.11 Å². The molecule has 2 aromatic heterocycles. The Labute approximate surface area is 227 Å². The van der Waals surface area contributed by atoms with Crippen LogP contribution in [0.4, 0.5) is 10.5 Å². The molecule has 1 N–H and O–H groups in total. The lowest BCUT2D eigenvalue weighted by atomic mass is 9.95. The van der Waals surface area contributed by atoms with Crippen molar-refractivity contribution in [1.82, 2.24) is 9.47 Å². The van der Waals surface area contributed by atoms with Gasteiger partial charge >= 0.3 is 6.03 Å². The summed E-state index contributed by atoms with van der Waals surface area (Å²) in [5.41, 5.74) is 6.53. The molecule has 2 aromatic carbocycles. The van der Waals surface area contributed by atoms with E-state index in [1.807, 2.05) is 60.4 Å². The second-order valence-electron chi connectivity index (χ2n) is 9.97. The molecule has 196 valence electrons. The minimum absolute atomic E-state index is 0.155. The average Bonchev–Trinajstić information content (AvgIpc) is 3.51. The number of nitrogens with one attached hydrogen (secondary N) is 1. The molecule has 0 saturated heterocycles. The predicted molar refractivity (Wildman–Crippen MR) is 152 cm³/mol. The summed E-state index contributed by atoms with van der Waals surface area (Å²) in [6, 6.07) is 17.8. The maximum Gasteiger partial charge on any atom is 0.323 e. The van der Waals surface area contributed by atoms with Gasteiger partial charge in [-0.1, -0.05) is 18.2 Å². The first-order chi connectivity index (χ1) is 18.6. The molecule has 3 heterocycles. The Hall–Kier alpha value is -3.71. The van der Waals surface area contributed by atoms with Crippen LogP contribution in [0.1, 0.15) is 58.6 Å². The van der Waals surface area contributed by atoms with Crippen molar-refractivity contribution in [1.29, 1.82) is 0 Å². The first-order valence-corrected chi connectivity index (χ1v) is 14.1. The standard InChI is InChI=1S/C31H33N3O3S/c1-4-37-22-10-7-9-21(18-22)29-26-12-8-16-33(26)30-24(23-11-5-6-13-28(23)38-30)19-34(29)31(35)32-25-17-20(2)14-15-27(25)36-3/h7-10,12,14-18,29H,4-6,11,13,19H2,1-3H3,(H,32,35)/t29-/m0/s1. The zero-order valence-corrected chi connectivity index (χ0v) is 22.9. The van der Waals surface area contributed by atoms with E-state index in [0.29, 0.717) is 24.6 Å². The lowest BCUT2D eigenvalue weighted by Gasteiger charge is -2.32. The Kier molecular flexibility index (Phi) is 6.62. The number of nitrogens with zero attached hydrogens (tertiary/aromatic N) is 2. The zero-order valence-electron chi connectivity index (χ0n) is 22.1. The van der Waals surface area contributed by atoms with E-state index in [-0.39, 0.29) is 12.1 Å². The highest BCUT2D eigenvalue weighted by Gasteiger charge is 2.36. The number of urea groups is 1. The molecule has 0 spiro atoms. The molecular weight excluding hydrogens is 494 g/mol. The van der Waals surface area contributed by atoms with Crippen LogP contribution in [-0.4, -0.2) is 29.2 Å². The van der Waals surface area contributed by atoms with Crippen molar-refractivity contribution in [2.45, 2.75) is 52.1 Å². The van der Waals surface area contributed by atoms with Crippen LogP contribution in [0.5, 0.6) is 11.5 Å². The van der Waals surface area contributed by atoms with Crippen LogP contribution in [0, 0.1) is 6.92 Å². The first-order valence-electron chi connectivity index (χ1n) is 13.3. The highest BCUT2D eigenvalue weighted by atomic mass is 32.1. The Morgan fingerprint density at radius 2 is 1.95 bits per heavy atom. The van der Waals surface area contributed by atoms with Gasteiger partial charge in [0.05, 0.1) is 37.7 Å². The molecule has 0 fully saturated rings. The van der Waals surface area contributed by atoms with Gasteiger partial charge in [-0.05, 0) is 92.6 Å². The number of benzene rings is 2. The van der Waals surface area contributed by atoms with Gasteiger partial charge in [0.15, 0.2) is 0 Å². The third-order valence-electron chi connectivity index (χ3n) is 7.52. The van der Waals surface area contributed by atoms with Gasteiger partial charge in [-0.25, -0.2) is 4.79 Å². The minimum Gasteiger partial charge on any atom is -0.495 e. The fraction of sp³-hybridized carbons (Fsp3) is 0.323. The number of amides is 2. The van der Waals surface area contributed by atoms with E-state index in [9.17, 15) is 4.79 Å². The van der Waals surface area contributed by atoms with Crippen LogP contribution in [0.2, 0.25) is 0 Å². The number of methoxy groups -OCH3 is 1. The van der Waals surface area contributed by atoms with Crippen LogP contribution in [-0.2, 0) is 19.4 Å². The van der Waals surface area contributed by atoms with E-state index in [2.05, 4.69) is 40.3 Å². The molecule has 0 radical (unpaired) electrons. The quantitative estimate of drug-likeness (QED) is 0.297. The summed E-state index contributed by atoms with van der Waals surface area (Å²) in [4.78, 5) is 17.7. The summed E-state index contributed by atoms with van der Waals surface area (Å²) < 4.78 is 13.7. The van der Waals surface area contributed by atoms with Crippen molar-refractivity contribution in [2.24, 2.45) is 0 Å². The van der Waals surface area contributed by atoms with Gasteiger partial charge in [0.2, 0.25) is 0 Å². The number of ether oxygens (including phenoxy) is 2. The Morgan fingerprint density at radius 1 is 1.08 bits per heavy atom. The van der Waals surface area contributed by atoms with Gasteiger partial charge in [0.25, 0.3) is 0 Å². The number of fused-ring (bicyclic) bond motifs is 5. The number of rotatable bonds is 5. The van der Waals surface area contributed by atoms with Gasteiger partial charge in [-0.2, -0.15) is 0 Å². The number of hydrogen-bond donors (Lipinski definition) is 1.